The highest BCUT2D eigenvalue weighted by Gasteiger charge is 2.68. The lowest BCUT2D eigenvalue weighted by Crippen LogP contribution is -2.69. The van der Waals surface area contributed by atoms with Gasteiger partial charge in [-0.25, -0.2) is 0 Å². The molecule has 5 nitrogen and oxygen atoms in total. The Balaban J connectivity index is 1.59. The number of carbonyl (C=O) groups is 2. The van der Waals surface area contributed by atoms with Crippen molar-refractivity contribution in [3.8, 4) is 0 Å². The van der Waals surface area contributed by atoms with Crippen molar-refractivity contribution in [2.75, 3.05) is 0 Å². The van der Waals surface area contributed by atoms with Gasteiger partial charge in [0.1, 0.15) is 17.8 Å². The molecule has 0 unspecified atom stereocenters. The summed E-state index contributed by atoms with van der Waals surface area (Å²) in [6, 6.07) is 0. The molecule has 10 atom stereocenters. The Hall–Kier alpha value is -1.10. The number of carbonyl (C=O) groups excluding carboxylic acids is 2. The third-order valence-corrected chi connectivity index (χ3v) is 11.6. The quantitative estimate of drug-likeness (QED) is 0.391. The highest BCUT2D eigenvalue weighted by atomic mass is 16.6. The largest absolute Gasteiger partial charge is 0.462 e. The van der Waals surface area contributed by atoms with Gasteiger partial charge in [0.25, 0.3) is 0 Å². The van der Waals surface area contributed by atoms with Crippen LogP contribution in [0.1, 0.15) is 119 Å². The summed E-state index contributed by atoms with van der Waals surface area (Å²) in [5.41, 5.74) is -1.16. The van der Waals surface area contributed by atoms with Crippen LogP contribution in [0.25, 0.3) is 0 Å². The molecule has 4 rings (SSSR count). The molecule has 4 saturated carbocycles. The van der Waals surface area contributed by atoms with Crippen LogP contribution in [0, 0.1) is 46.3 Å². The first-order chi connectivity index (χ1) is 16.8. The van der Waals surface area contributed by atoms with Crippen LogP contribution >= 0.6 is 0 Å². The Morgan fingerprint density at radius 3 is 2.25 bits per heavy atom. The molecule has 0 amide bonds. The Kier molecular flexibility index (Phi) is 7.93. The number of aliphatic hydroxyl groups is 1. The van der Waals surface area contributed by atoms with Crippen LogP contribution in [0.5, 0.6) is 0 Å². The van der Waals surface area contributed by atoms with Crippen molar-refractivity contribution in [3.05, 3.63) is 0 Å². The molecule has 0 aromatic carbocycles. The third kappa shape index (κ3) is 4.76. The highest BCUT2D eigenvalue weighted by molar-refractivity contribution is 5.66. The fourth-order valence-corrected chi connectivity index (χ4v) is 9.92. The van der Waals surface area contributed by atoms with Crippen LogP contribution in [-0.2, 0) is 19.1 Å². The molecule has 0 bridgehead atoms. The Morgan fingerprint density at radius 1 is 0.917 bits per heavy atom. The highest BCUT2D eigenvalue weighted by Crippen LogP contribution is 2.69. The average Bonchev–Trinajstić information content (AvgIpc) is 3.12. The van der Waals surface area contributed by atoms with Gasteiger partial charge in [-0.3, -0.25) is 9.59 Å². The van der Waals surface area contributed by atoms with E-state index >= 15 is 0 Å². The van der Waals surface area contributed by atoms with E-state index in [1.54, 1.807) is 0 Å². The zero-order chi connectivity index (χ0) is 26.5. The molecule has 0 aromatic heterocycles. The minimum absolute atomic E-state index is 0.308. The van der Waals surface area contributed by atoms with E-state index in [1.165, 1.54) is 52.4 Å². The monoisotopic (exact) mass is 504 g/mol. The summed E-state index contributed by atoms with van der Waals surface area (Å²) in [5.74, 6) is 3.15. The van der Waals surface area contributed by atoms with Gasteiger partial charge in [-0.15, -0.1) is 0 Å². The van der Waals surface area contributed by atoms with Gasteiger partial charge in [-0.1, -0.05) is 53.9 Å². The van der Waals surface area contributed by atoms with E-state index in [-0.39, 0.29) is 23.5 Å². The molecule has 206 valence electrons. The van der Waals surface area contributed by atoms with Crippen LogP contribution in [0.4, 0.5) is 0 Å². The number of ether oxygens (including phenoxy) is 2. The summed E-state index contributed by atoms with van der Waals surface area (Å²) in [4.78, 5) is 23.9. The molecule has 1 N–H and O–H groups in total. The van der Waals surface area contributed by atoms with Crippen molar-refractivity contribution in [1.29, 1.82) is 0 Å². The zero-order valence-corrected chi connectivity index (χ0v) is 24.0. The first kappa shape index (κ1) is 27.9. The predicted molar refractivity (Wildman–Crippen MR) is 141 cm³/mol. The van der Waals surface area contributed by atoms with Crippen LogP contribution in [0.15, 0.2) is 0 Å². The lowest BCUT2D eigenvalue weighted by atomic mass is 9.42. The average molecular weight is 505 g/mol. The molecule has 0 aliphatic heterocycles. The van der Waals surface area contributed by atoms with E-state index in [2.05, 4.69) is 34.6 Å². The van der Waals surface area contributed by atoms with Crippen molar-refractivity contribution in [2.24, 2.45) is 46.3 Å². The summed E-state index contributed by atoms with van der Waals surface area (Å²) in [5, 5.41) is 12.3. The maximum absolute atomic E-state index is 12.3. The Bertz CT molecular complexity index is 824. The molecule has 4 aliphatic carbocycles. The Labute approximate surface area is 219 Å². The summed E-state index contributed by atoms with van der Waals surface area (Å²) < 4.78 is 11.5. The molecule has 0 spiro atoms. The Morgan fingerprint density at radius 2 is 1.61 bits per heavy atom. The maximum Gasteiger partial charge on any atom is 0.303 e. The van der Waals surface area contributed by atoms with E-state index in [1.807, 2.05) is 0 Å². The third-order valence-electron chi connectivity index (χ3n) is 11.6. The molecule has 0 heterocycles. The van der Waals surface area contributed by atoms with E-state index in [0.29, 0.717) is 29.6 Å². The molecular formula is C31H52O5. The maximum atomic E-state index is 12.3. The number of rotatable bonds is 7. The fourth-order valence-electron chi connectivity index (χ4n) is 9.92. The van der Waals surface area contributed by atoms with Gasteiger partial charge in [0.05, 0.1) is 0 Å². The second kappa shape index (κ2) is 10.2. The van der Waals surface area contributed by atoms with Crippen molar-refractivity contribution < 1.29 is 24.2 Å². The van der Waals surface area contributed by atoms with Gasteiger partial charge in [0.2, 0.25) is 0 Å². The molecule has 5 heteroatoms. The fraction of sp³-hybridized carbons (Fsp3) is 0.935. The number of hydrogen-bond acceptors (Lipinski definition) is 5. The minimum Gasteiger partial charge on any atom is -0.462 e. The zero-order valence-electron chi connectivity index (χ0n) is 24.0. The van der Waals surface area contributed by atoms with Crippen LogP contribution in [0.2, 0.25) is 0 Å². The van der Waals surface area contributed by atoms with E-state index in [9.17, 15) is 14.7 Å². The van der Waals surface area contributed by atoms with Crippen molar-refractivity contribution >= 4 is 11.9 Å². The topological polar surface area (TPSA) is 72.8 Å². The van der Waals surface area contributed by atoms with Gasteiger partial charge in [0.15, 0.2) is 0 Å². The van der Waals surface area contributed by atoms with Crippen LogP contribution in [-0.4, -0.2) is 34.9 Å². The molecule has 36 heavy (non-hydrogen) atoms. The summed E-state index contributed by atoms with van der Waals surface area (Å²) in [6.07, 6.45) is 10.7. The van der Waals surface area contributed by atoms with Gasteiger partial charge >= 0.3 is 11.9 Å². The SMILES string of the molecule is CC(=O)O[C@H]1CC[C@]2(C)[C@H]3CC[C@]4(C)[C@@H]([C@@H](C)CCCC(C)C)CC[C@H]4[C@@H]3C[C@@H](OC(C)=O)[C@@]2(O)C1. The molecule has 0 radical (unpaired) electrons. The van der Waals surface area contributed by atoms with Gasteiger partial charge in [0, 0.05) is 25.7 Å². The number of fused-ring (bicyclic) bond motifs is 5. The normalized spacial score (nSPS) is 44.8. The predicted octanol–water partition coefficient (Wildman–Crippen LogP) is 6.70. The second-order valence-electron chi connectivity index (χ2n) is 14.1. The molecule has 4 fully saturated rings. The van der Waals surface area contributed by atoms with Gasteiger partial charge < -0.3 is 14.6 Å². The standard InChI is InChI=1S/C31H52O5/c1-19(2)9-8-10-20(3)25-11-12-26-24-17-28(36-22(5)33)31(34)18-23(35-21(4)32)13-16-30(31,7)27(24)14-15-29(25,26)6/h19-20,23-28,34H,8-18H2,1-7H3/t20-,23-,24-,25+,26-,27-,28+,29+,30+,31-/m0/s1. The van der Waals surface area contributed by atoms with Crippen molar-refractivity contribution in [1.82, 2.24) is 0 Å². The lowest BCUT2D eigenvalue weighted by molar-refractivity contribution is -0.271. The smallest absolute Gasteiger partial charge is 0.303 e. The lowest BCUT2D eigenvalue weighted by Gasteiger charge is -2.65. The van der Waals surface area contributed by atoms with Crippen LogP contribution in [0.3, 0.4) is 0 Å². The molecule has 4 aliphatic rings. The molecular weight excluding hydrogens is 452 g/mol. The minimum atomic E-state index is -1.16. The van der Waals surface area contributed by atoms with Crippen LogP contribution < -0.4 is 0 Å². The molecule has 0 saturated heterocycles. The first-order valence-corrected chi connectivity index (χ1v) is 14.9. The van der Waals surface area contributed by atoms with E-state index < -0.39 is 11.7 Å². The summed E-state index contributed by atoms with van der Waals surface area (Å²) in [6.45, 7) is 14.8. The van der Waals surface area contributed by atoms with Gasteiger partial charge in [-0.2, -0.15) is 0 Å². The van der Waals surface area contributed by atoms with Gasteiger partial charge in [-0.05, 0) is 85.9 Å². The first-order valence-electron chi connectivity index (χ1n) is 14.9. The number of hydrogen-bond donors (Lipinski definition) is 1. The second-order valence-corrected chi connectivity index (χ2v) is 14.1. The van der Waals surface area contributed by atoms with Crippen molar-refractivity contribution in [3.63, 3.8) is 0 Å². The summed E-state index contributed by atoms with van der Waals surface area (Å²) >= 11 is 0. The van der Waals surface area contributed by atoms with E-state index in [4.69, 9.17) is 9.47 Å². The van der Waals surface area contributed by atoms with Crippen molar-refractivity contribution in [2.45, 2.75) is 137 Å². The summed E-state index contributed by atoms with van der Waals surface area (Å²) in [7, 11) is 0. The number of esters is 2. The molecule has 0 aromatic rings. The van der Waals surface area contributed by atoms with E-state index in [0.717, 1.165) is 43.4 Å².